The molecule has 18 heavy (non-hydrogen) atoms. The number of nitrogens with two attached hydrogens (primary N) is 1. The van der Waals surface area contributed by atoms with Crippen LogP contribution in [-0.2, 0) is 6.42 Å². The van der Waals surface area contributed by atoms with Crippen molar-refractivity contribution in [2.75, 3.05) is 24.2 Å². The molecule has 0 aliphatic rings. The first-order valence-electron chi connectivity index (χ1n) is 5.96. The summed E-state index contributed by atoms with van der Waals surface area (Å²) in [5.74, 6) is -0.192. The maximum atomic E-state index is 12.8. The lowest BCUT2D eigenvalue weighted by molar-refractivity contribution is 0.627. The van der Waals surface area contributed by atoms with Gasteiger partial charge < -0.3 is 10.6 Å². The van der Waals surface area contributed by atoms with Crippen LogP contribution in [-0.4, -0.2) is 13.6 Å². The Morgan fingerprint density at radius 1 is 1.11 bits per heavy atom. The molecule has 0 radical (unpaired) electrons. The molecular weight excluding hydrogens is 227 g/mol. The maximum Gasteiger partial charge on any atom is 0.123 e. The van der Waals surface area contributed by atoms with Gasteiger partial charge in [-0.3, -0.25) is 0 Å². The molecule has 0 amide bonds. The first-order chi connectivity index (χ1) is 8.65. The van der Waals surface area contributed by atoms with Gasteiger partial charge in [-0.05, 0) is 42.3 Å². The molecule has 0 saturated heterocycles. The molecule has 0 bridgehead atoms. The number of hydrogen-bond acceptors (Lipinski definition) is 2. The highest BCUT2D eigenvalue weighted by Gasteiger charge is 2.02. The smallest absolute Gasteiger partial charge is 0.123 e. The zero-order chi connectivity index (χ0) is 13.0. The SMILES string of the molecule is CN(CCc1ccc(F)cc1)c1cccc(N)c1. The van der Waals surface area contributed by atoms with Crippen molar-refractivity contribution >= 4 is 11.4 Å². The standard InChI is InChI=1S/C15H17FN2/c1-18(15-4-2-3-14(17)11-15)10-9-12-5-7-13(16)8-6-12/h2-8,11H,9-10,17H2,1H3. The first kappa shape index (κ1) is 12.4. The summed E-state index contributed by atoms with van der Waals surface area (Å²) in [7, 11) is 2.03. The van der Waals surface area contributed by atoms with Gasteiger partial charge in [-0.2, -0.15) is 0 Å². The van der Waals surface area contributed by atoms with E-state index >= 15 is 0 Å². The van der Waals surface area contributed by atoms with E-state index in [1.165, 1.54) is 12.1 Å². The third-order valence-electron chi connectivity index (χ3n) is 2.96. The summed E-state index contributed by atoms with van der Waals surface area (Å²) in [4.78, 5) is 2.14. The van der Waals surface area contributed by atoms with Crippen LogP contribution in [0.25, 0.3) is 0 Å². The molecule has 3 heteroatoms. The van der Waals surface area contributed by atoms with Gasteiger partial charge in [0, 0.05) is 25.0 Å². The second kappa shape index (κ2) is 5.54. The second-order valence-electron chi connectivity index (χ2n) is 4.39. The molecule has 0 aromatic heterocycles. The van der Waals surface area contributed by atoms with E-state index in [1.807, 2.05) is 43.4 Å². The van der Waals surface area contributed by atoms with Crippen molar-refractivity contribution in [2.45, 2.75) is 6.42 Å². The van der Waals surface area contributed by atoms with Gasteiger partial charge in [0.1, 0.15) is 5.82 Å². The lowest BCUT2D eigenvalue weighted by atomic mass is 10.1. The summed E-state index contributed by atoms with van der Waals surface area (Å²) in [6.45, 7) is 0.870. The lowest BCUT2D eigenvalue weighted by Gasteiger charge is -2.19. The Labute approximate surface area is 107 Å². The number of nitrogen functional groups attached to an aromatic ring is 1. The molecule has 2 aromatic carbocycles. The zero-order valence-electron chi connectivity index (χ0n) is 10.4. The van der Waals surface area contributed by atoms with Crippen LogP contribution in [0.3, 0.4) is 0 Å². The van der Waals surface area contributed by atoms with E-state index in [4.69, 9.17) is 5.73 Å². The Kier molecular flexibility index (Phi) is 3.82. The molecule has 2 N–H and O–H groups in total. The Morgan fingerprint density at radius 3 is 2.50 bits per heavy atom. The van der Waals surface area contributed by atoms with Crippen molar-refractivity contribution in [3.8, 4) is 0 Å². The van der Waals surface area contributed by atoms with Gasteiger partial charge in [-0.25, -0.2) is 4.39 Å². The number of rotatable bonds is 4. The van der Waals surface area contributed by atoms with Gasteiger partial charge in [-0.1, -0.05) is 18.2 Å². The van der Waals surface area contributed by atoms with E-state index in [2.05, 4.69) is 4.90 Å². The molecule has 0 aliphatic carbocycles. The predicted octanol–water partition coefficient (Wildman–Crippen LogP) is 3.09. The third-order valence-corrected chi connectivity index (χ3v) is 2.96. The van der Waals surface area contributed by atoms with Crippen LogP contribution in [0.4, 0.5) is 15.8 Å². The number of nitrogens with zero attached hydrogens (tertiary/aromatic N) is 1. The average Bonchev–Trinajstić information content (AvgIpc) is 2.38. The summed E-state index contributed by atoms with van der Waals surface area (Å²) in [6, 6.07) is 14.4. The van der Waals surface area contributed by atoms with E-state index < -0.39 is 0 Å². The molecule has 2 nitrogen and oxygen atoms in total. The first-order valence-corrected chi connectivity index (χ1v) is 5.96. The van der Waals surface area contributed by atoms with Crippen LogP contribution in [0.1, 0.15) is 5.56 Å². The molecule has 0 unspecified atom stereocenters. The van der Waals surface area contributed by atoms with Crippen molar-refractivity contribution in [1.82, 2.24) is 0 Å². The summed E-state index contributed by atoms with van der Waals surface area (Å²) in [5.41, 5.74) is 8.74. The average molecular weight is 244 g/mol. The van der Waals surface area contributed by atoms with Crippen molar-refractivity contribution in [2.24, 2.45) is 0 Å². The number of hydrogen-bond donors (Lipinski definition) is 1. The molecule has 94 valence electrons. The van der Waals surface area contributed by atoms with Gasteiger partial charge in [0.25, 0.3) is 0 Å². The van der Waals surface area contributed by atoms with E-state index in [0.29, 0.717) is 0 Å². The molecule has 0 saturated carbocycles. The Balaban J connectivity index is 1.96. The monoisotopic (exact) mass is 244 g/mol. The van der Waals surface area contributed by atoms with Crippen molar-refractivity contribution in [1.29, 1.82) is 0 Å². The fraction of sp³-hybridized carbons (Fsp3) is 0.200. The molecule has 0 fully saturated rings. The van der Waals surface area contributed by atoms with Crippen LogP contribution < -0.4 is 10.6 Å². The quantitative estimate of drug-likeness (QED) is 0.837. The largest absolute Gasteiger partial charge is 0.399 e. The van der Waals surface area contributed by atoms with E-state index in [1.54, 1.807) is 0 Å². The minimum absolute atomic E-state index is 0.192. The van der Waals surface area contributed by atoms with Crippen LogP contribution >= 0.6 is 0 Å². The van der Waals surface area contributed by atoms with Gasteiger partial charge >= 0.3 is 0 Å². The summed E-state index contributed by atoms with van der Waals surface area (Å²) < 4.78 is 12.8. The van der Waals surface area contributed by atoms with Crippen LogP contribution in [0.15, 0.2) is 48.5 Å². The highest BCUT2D eigenvalue weighted by atomic mass is 19.1. The lowest BCUT2D eigenvalue weighted by Crippen LogP contribution is -2.20. The van der Waals surface area contributed by atoms with Crippen LogP contribution in [0, 0.1) is 5.82 Å². The number of anilines is 2. The molecule has 0 atom stereocenters. The minimum Gasteiger partial charge on any atom is -0.399 e. The van der Waals surface area contributed by atoms with Gasteiger partial charge in [-0.15, -0.1) is 0 Å². The maximum absolute atomic E-state index is 12.8. The number of likely N-dealkylation sites (N-methyl/N-ethyl adjacent to an activating group) is 1. The summed E-state index contributed by atoms with van der Waals surface area (Å²) >= 11 is 0. The minimum atomic E-state index is -0.192. The number of benzene rings is 2. The van der Waals surface area contributed by atoms with Crippen LogP contribution in [0.2, 0.25) is 0 Å². The fourth-order valence-electron chi connectivity index (χ4n) is 1.84. The predicted molar refractivity (Wildman–Crippen MR) is 74.2 cm³/mol. The fourth-order valence-corrected chi connectivity index (χ4v) is 1.84. The molecule has 0 heterocycles. The Hall–Kier alpha value is -2.03. The molecule has 2 rings (SSSR count). The van der Waals surface area contributed by atoms with Crippen molar-refractivity contribution in [3.63, 3.8) is 0 Å². The van der Waals surface area contributed by atoms with E-state index in [0.717, 1.165) is 29.9 Å². The highest BCUT2D eigenvalue weighted by molar-refractivity contribution is 5.55. The third kappa shape index (κ3) is 3.23. The molecular formula is C15H17FN2. The Bertz CT molecular complexity index is 508. The normalized spacial score (nSPS) is 10.3. The van der Waals surface area contributed by atoms with Crippen LogP contribution in [0.5, 0.6) is 0 Å². The van der Waals surface area contributed by atoms with Gasteiger partial charge in [0.05, 0.1) is 0 Å². The molecule has 0 spiro atoms. The van der Waals surface area contributed by atoms with Gasteiger partial charge in [0.2, 0.25) is 0 Å². The zero-order valence-corrected chi connectivity index (χ0v) is 10.4. The number of halogens is 1. The van der Waals surface area contributed by atoms with E-state index in [-0.39, 0.29) is 5.82 Å². The van der Waals surface area contributed by atoms with Crippen molar-refractivity contribution in [3.05, 3.63) is 59.9 Å². The van der Waals surface area contributed by atoms with Gasteiger partial charge in [0.15, 0.2) is 0 Å². The summed E-state index contributed by atoms with van der Waals surface area (Å²) in [5, 5.41) is 0. The summed E-state index contributed by atoms with van der Waals surface area (Å²) in [6.07, 6.45) is 0.881. The highest BCUT2D eigenvalue weighted by Crippen LogP contribution is 2.16. The second-order valence-corrected chi connectivity index (χ2v) is 4.39. The molecule has 0 aliphatic heterocycles. The van der Waals surface area contributed by atoms with E-state index in [9.17, 15) is 4.39 Å². The topological polar surface area (TPSA) is 29.3 Å². The Morgan fingerprint density at radius 2 is 1.83 bits per heavy atom. The molecule has 2 aromatic rings. The van der Waals surface area contributed by atoms with Crippen molar-refractivity contribution < 1.29 is 4.39 Å².